The molecule has 3 rings (SSSR count). The van der Waals surface area contributed by atoms with Gasteiger partial charge in [-0.25, -0.2) is 4.98 Å². The van der Waals surface area contributed by atoms with Gasteiger partial charge < -0.3 is 24.4 Å². The summed E-state index contributed by atoms with van der Waals surface area (Å²) >= 11 is 0. The predicted octanol–water partition coefficient (Wildman–Crippen LogP) is 0.00540. The molecule has 0 spiro atoms. The zero-order chi connectivity index (χ0) is 26.2. The molecule has 2 aliphatic rings. The van der Waals surface area contributed by atoms with Crippen LogP contribution in [0, 0.1) is 17.8 Å². The van der Waals surface area contributed by atoms with Gasteiger partial charge in [0.2, 0.25) is 11.8 Å². The number of pyridine rings is 1. The van der Waals surface area contributed by atoms with Crippen LogP contribution < -0.4 is 4.74 Å². The number of morpholine rings is 1. The predicted molar refractivity (Wildman–Crippen MR) is 136 cm³/mol. The smallest absolute Gasteiger partial charge is 0.259 e. The average Bonchev–Trinajstić information content (AvgIpc) is 2.86. The molecule has 1 N–H and O–H groups in total. The molecule has 36 heavy (non-hydrogen) atoms. The number of rotatable bonds is 7. The molecule has 0 radical (unpaired) electrons. The van der Waals surface area contributed by atoms with Crippen LogP contribution in [0.2, 0.25) is 0 Å². The molecule has 0 saturated carbocycles. The van der Waals surface area contributed by atoms with E-state index in [0.717, 1.165) is 13.1 Å². The summed E-state index contributed by atoms with van der Waals surface area (Å²) in [4.78, 5) is 38.2. The molecule has 2 aliphatic heterocycles. The molecule has 0 bridgehead atoms. The van der Waals surface area contributed by atoms with Gasteiger partial charge in [-0.05, 0) is 27.1 Å². The Bertz CT molecular complexity index is 969. The van der Waals surface area contributed by atoms with Crippen molar-refractivity contribution in [2.45, 2.75) is 26.0 Å². The first-order chi connectivity index (χ1) is 17.2. The van der Waals surface area contributed by atoms with Crippen molar-refractivity contribution in [1.82, 2.24) is 24.6 Å². The molecule has 3 atom stereocenters. The first kappa shape index (κ1) is 27.9. The molecule has 1 fully saturated rings. The van der Waals surface area contributed by atoms with E-state index in [1.807, 2.05) is 32.8 Å². The van der Waals surface area contributed by atoms with Crippen LogP contribution >= 0.6 is 0 Å². The van der Waals surface area contributed by atoms with Crippen LogP contribution in [-0.4, -0.2) is 134 Å². The first-order valence-electron chi connectivity index (χ1n) is 12.5. The lowest BCUT2D eigenvalue weighted by Crippen LogP contribution is -2.51. The minimum atomic E-state index is -0.387. The van der Waals surface area contributed by atoms with Crippen molar-refractivity contribution in [1.29, 1.82) is 0 Å². The maximum Gasteiger partial charge on any atom is 0.259 e. The summed E-state index contributed by atoms with van der Waals surface area (Å²) in [6, 6.07) is 1.32. The molecule has 1 saturated heterocycles. The number of ether oxygens (including phenoxy) is 2. The summed E-state index contributed by atoms with van der Waals surface area (Å²) in [5.41, 5.74) is 0.929. The lowest BCUT2D eigenvalue weighted by Gasteiger charge is -2.38. The maximum absolute atomic E-state index is 13.5. The third kappa shape index (κ3) is 7.40. The molecule has 3 heterocycles. The lowest BCUT2D eigenvalue weighted by atomic mass is 10.00. The fourth-order valence-electron chi connectivity index (χ4n) is 4.13. The Kier molecular flexibility index (Phi) is 10.1. The summed E-state index contributed by atoms with van der Waals surface area (Å²) in [5.74, 6) is 5.98. The first-order valence-corrected chi connectivity index (χ1v) is 12.5. The summed E-state index contributed by atoms with van der Waals surface area (Å²) in [5, 5.41) is 9.83. The largest absolute Gasteiger partial charge is 0.472 e. The van der Waals surface area contributed by atoms with Gasteiger partial charge in [-0.3, -0.25) is 19.4 Å². The second kappa shape index (κ2) is 13.0. The van der Waals surface area contributed by atoms with E-state index in [0.29, 0.717) is 50.5 Å². The normalized spacial score (nSPS) is 21.5. The molecular weight excluding hydrogens is 462 g/mol. The van der Waals surface area contributed by atoms with E-state index in [4.69, 9.17) is 9.47 Å². The van der Waals surface area contributed by atoms with Crippen molar-refractivity contribution in [3.8, 4) is 17.7 Å². The van der Waals surface area contributed by atoms with E-state index >= 15 is 0 Å². The number of likely N-dealkylation sites (N-methyl/N-ethyl adjacent to an activating group) is 1. The number of amides is 2. The van der Waals surface area contributed by atoms with Gasteiger partial charge in [0.1, 0.15) is 11.7 Å². The van der Waals surface area contributed by atoms with Gasteiger partial charge in [-0.15, -0.1) is 0 Å². The Morgan fingerprint density at radius 1 is 1.31 bits per heavy atom. The number of carbonyl (C=O) groups is 2. The summed E-state index contributed by atoms with van der Waals surface area (Å²) < 4.78 is 11.7. The highest BCUT2D eigenvalue weighted by molar-refractivity contribution is 5.97. The molecule has 1 aromatic heterocycles. The molecular formula is C26H39N5O5. The number of aliphatic hydroxyl groups excluding tert-OH is 1. The number of aliphatic hydroxyl groups is 1. The van der Waals surface area contributed by atoms with Gasteiger partial charge >= 0.3 is 0 Å². The van der Waals surface area contributed by atoms with E-state index in [1.165, 1.54) is 0 Å². The third-order valence-electron chi connectivity index (χ3n) is 6.49. The van der Waals surface area contributed by atoms with E-state index in [9.17, 15) is 14.7 Å². The van der Waals surface area contributed by atoms with Gasteiger partial charge in [-0.1, -0.05) is 18.8 Å². The summed E-state index contributed by atoms with van der Waals surface area (Å²) in [6.45, 7) is 8.04. The minimum Gasteiger partial charge on any atom is -0.472 e. The van der Waals surface area contributed by atoms with Gasteiger partial charge in [0.05, 0.1) is 45.5 Å². The van der Waals surface area contributed by atoms with Crippen molar-refractivity contribution < 1.29 is 24.2 Å². The Labute approximate surface area is 214 Å². The van der Waals surface area contributed by atoms with Crippen LogP contribution in [0.15, 0.2) is 12.3 Å². The highest BCUT2D eigenvalue weighted by Gasteiger charge is 2.34. The quantitative estimate of drug-likeness (QED) is 0.522. The Balaban J connectivity index is 1.83. The number of hydrogen-bond acceptors (Lipinski definition) is 8. The average molecular weight is 502 g/mol. The third-order valence-corrected chi connectivity index (χ3v) is 6.49. The monoisotopic (exact) mass is 501 g/mol. The van der Waals surface area contributed by atoms with Crippen LogP contribution in [0.1, 0.15) is 29.8 Å². The fraction of sp³-hybridized carbons (Fsp3) is 0.654. The molecule has 10 heteroatoms. The molecule has 198 valence electrons. The van der Waals surface area contributed by atoms with Crippen molar-refractivity contribution in [3.63, 3.8) is 0 Å². The Morgan fingerprint density at radius 2 is 2.03 bits per heavy atom. The van der Waals surface area contributed by atoms with Crippen molar-refractivity contribution >= 4 is 11.8 Å². The van der Waals surface area contributed by atoms with Crippen LogP contribution in [0.5, 0.6) is 5.88 Å². The zero-order valence-electron chi connectivity index (χ0n) is 22.1. The number of carbonyl (C=O) groups excluding carboxylic acids is 2. The second-order valence-electron chi connectivity index (χ2n) is 9.90. The van der Waals surface area contributed by atoms with Crippen LogP contribution in [0.25, 0.3) is 0 Å². The zero-order valence-corrected chi connectivity index (χ0v) is 22.1. The van der Waals surface area contributed by atoms with Gasteiger partial charge in [0.25, 0.3) is 5.91 Å². The van der Waals surface area contributed by atoms with Gasteiger partial charge in [0.15, 0.2) is 0 Å². The van der Waals surface area contributed by atoms with Gasteiger partial charge in [-0.2, -0.15) is 0 Å². The van der Waals surface area contributed by atoms with Crippen molar-refractivity contribution in [2.75, 3.05) is 80.2 Å². The highest BCUT2D eigenvalue weighted by Crippen LogP contribution is 2.27. The van der Waals surface area contributed by atoms with E-state index in [-0.39, 0.29) is 42.4 Å². The molecule has 0 unspecified atom stereocenters. The van der Waals surface area contributed by atoms with E-state index < -0.39 is 0 Å². The van der Waals surface area contributed by atoms with Crippen molar-refractivity contribution in [2.24, 2.45) is 5.92 Å². The maximum atomic E-state index is 13.5. The van der Waals surface area contributed by atoms with E-state index in [2.05, 4.69) is 21.7 Å². The second-order valence-corrected chi connectivity index (χ2v) is 9.90. The standard InChI is InChI=1S/C26H39N5O5/c1-19-15-31(20(2)18-32)26(34)22-13-21(7-6-8-28(3)4)14-27-25(22)36-23(19)16-29(5)24(33)17-30-9-11-35-12-10-30/h13-14,19-20,23,32H,8-12,15-18H2,1-5H3/t19-,20+,23-/m1/s1. The van der Waals surface area contributed by atoms with Crippen LogP contribution in [0.4, 0.5) is 0 Å². The molecule has 0 aromatic carbocycles. The lowest BCUT2D eigenvalue weighted by molar-refractivity contribution is -0.133. The Hall–Kier alpha value is -2.71. The van der Waals surface area contributed by atoms with Crippen LogP contribution in [-0.2, 0) is 9.53 Å². The van der Waals surface area contributed by atoms with Gasteiger partial charge in [0, 0.05) is 44.4 Å². The van der Waals surface area contributed by atoms with Crippen LogP contribution in [0.3, 0.4) is 0 Å². The van der Waals surface area contributed by atoms with Crippen molar-refractivity contribution in [3.05, 3.63) is 23.4 Å². The summed E-state index contributed by atoms with van der Waals surface area (Å²) in [7, 11) is 5.64. The number of nitrogens with zero attached hydrogens (tertiary/aromatic N) is 5. The number of hydrogen-bond donors (Lipinski definition) is 1. The molecule has 1 aromatic rings. The highest BCUT2D eigenvalue weighted by atomic mass is 16.5. The molecule has 0 aliphatic carbocycles. The number of fused-ring (bicyclic) bond motifs is 1. The minimum absolute atomic E-state index is 0.00566. The fourth-order valence-corrected chi connectivity index (χ4v) is 4.13. The topological polar surface area (TPSA) is 98.7 Å². The molecule has 10 nitrogen and oxygen atoms in total. The SMILES string of the molecule is C[C@@H]1CN([C@@H](C)CO)C(=O)c2cc(C#CCN(C)C)cnc2O[C@@H]1CN(C)C(=O)CN1CCOCC1. The number of aromatic nitrogens is 1. The molecule has 2 amide bonds. The van der Waals surface area contributed by atoms with E-state index in [1.54, 1.807) is 29.1 Å². The summed E-state index contributed by atoms with van der Waals surface area (Å²) in [6.07, 6.45) is 1.22. The Morgan fingerprint density at radius 3 is 2.69 bits per heavy atom.